The summed E-state index contributed by atoms with van der Waals surface area (Å²) in [6.07, 6.45) is 0. The van der Waals surface area contributed by atoms with Crippen LogP contribution >= 0.6 is 12.2 Å². The SMILES string of the molecule is Cc1ccccc1NC(=S)C(C#N)C(N)=O. The van der Waals surface area contributed by atoms with Crippen LogP contribution in [0.15, 0.2) is 24.3 Å². The van der Waals surface area contributed by atoms with Gasteiger partial charge in [0.05, 0.1) is 6.07 Å². The Labute approximate surface area is 99.1 Å². The minimum Gasteiger partial charge on any atom is -0.368 e. The summed E-state index contributed by atoms with van der Waals surface area (Å²) in [6, 6.07) is 9.20. The number of benzene rings is 1. The summed E-state index contributed by atoms with van der Waals surface area (Å²) in [5, 5.41) is 11.6. The number of carbonyl (C=O) groups excluding carboxylic acids is 1. The van der Waals surface area contributed by atoms with Crippen LogP contribution in [0.25, 0.3) is 0 Å². The number of thiocarbonyl (C=S) groups is 1. The molecule has 1 aromatic carbocycles. The van der Waals surface area contributed by atoms with Crippen LogP contribution in [0.1, 0.15) is 5.56 Å². The van der Waals surface area contributed by atoms with Gasteiger partial charge in [-0.2, -0.15) is 5.26 Å². The minimum absolute atomic E-state index is 0.129. The number of nitrogens with two attached hydrogens (primary N) is 1. The highest BCUT2D eigenvalue weighted by molar-refractivity contribution is 7.80. The molecule has 0 fully saturated rings. The first-order chi connectivity index (χ1) is 7.56. The average molecular weight is 233 g/mol. The second-order valence-electron chi connectivity index (χ2n) is 3.27. The van der Waals surface area contributed by atoms with Crippen LogP contribution in [0.2, 0.25) is 0 Å². The number of anilines is 1. The minimum atomic E-state index is -1.09. The Bertz CT molecular complexity index is 465. The molecule has 1 unspecified atom stereocenters. The standard InChI is InChI=1S/C11H11N3OS/c1-7-4-2-3-5-9(7)14-11(16)8(6-12)10(13)15/h2-5,8H,1H3,(H2,13,15)(H,14,16). The number of nitriles is 1. The van der Waals surface area contributed by atoms with Gasteiger partial charge in [0.1, 0.15) is 4.99 Å². The van der Waals surface area contributed by atoms with Crippen molar-refractivity contribution in [3.63, 3.8) is 0 Å². The normalized spacial score (nSPS) is 11.2. The fourth-order valence-electron chi connectivity index (χ4n) is 1.17. The van der Waals surface area contributed by atoms with Crippen molar-refractivity contribution in [3.8, 4) is 6.07 Å². The van der Waals surface area contributed by atoms with E-state index >= 15 is 0 Å². The smallest absolute Gasteiger partial charge is 0.241 e. The fraction of sp³-hybridized carbons (Fsp3) is 0.182. The van der Waals surface area contributed by atoms with Crippen molar-refractivity contribution >= 4 is 28.8 Å². The number of nitrogens with zero attached hydrogens (tertiary/aromatic N) is 1. The summed E-state index contributed by atoms with van der Waals surface area (Å²) in [5.74, 6) is -1.83. The van der Waals surface area contributed by atoms with Crippen molar-refractivity contribution in [1.29, 1.82) is 5.26 Å². The van der Waals surface area contributed by atoms with Gasteiger partial charge in [-0.15, -0.1) is 0 Å². The second-order valence-corrected chi connectivity index (χ2v) is 3.71. The quantitative estimate of drug-likeness (QED) is 0.773. The number of hydrogen-bond donors (Lipinski definition) is 2. The van der Waals surface area contributed by atoms with Crippen LogP contribution in [0.5, 0.6) is 0 Å². The molecule has 0 aliphatic carbocycles. The van der Waals surface area contributed by atoms with Crippen molar-refractivity contribution in [1.82, 2.24) is 0 Å². The van der Waals surface area contributed by atoms with E-state index in [2.05, 4.69) is 5.32 Å². The Balaban J connectivity index is 2.84. The highest BCUT2D eigenvalue weighted by Gasteiger charge is 2.20. The first-order valence-corrected chi connectivity index (χ1v) is 5.02. The molecule has 0 heterocycles. The Kier molecular flexibility index (Phi) is 3.97. The van der Waals surface area contributed by atoms with Crippen molar-refractivity contribution in [3.05, 3.63) is 29.8 Å². The predicted molar refractivity (Wildman–Crippen MR) is 65.7 cm³/mol. The Hall–Kier alpha value is -1.93. The van der Waals surface area contributed by atoms with Gasteiger partial charge in [-0.05, 0) is 18.6 Å². The number of primary amides is 1. The molecule has 16 heavy (non-hydrogen) atoms. The number of carbonyl (C=O) groups is 1. The van der Waals surface area contributed by atoms with Gasteiger partial charge in [-0.3, -0.25) is 4.79 Å². The number of rotatable bonds is 3. The van der Waals surface area contributed by atoms with Crippen molar-refractivity contribution in [2.45, 2.75) is 6.92 Å². The second kappa shape index (κ2) is 5.24. The van der Waals surface area contributed by atoms with Gasteiger partial charge in [-0.1, -0.05) is 30.4 Å². The monoisotopic (exact) mass is 233 g/mol. The molecule has 1 atom stereocenters. The Morgan fingerprint density at radius 3 is 2.69 bits per heavy atom. The maximum atomic E-state index is 10.9. The van der Waals surface area contributed by atoms with E-state index in [0.717, 1.165) is 11.3 Å². The summed E-state index contributed by atoms with van der Waals surface area (Å²) < 4.78 is 0. The molecule has 0 aliphatic rings. The molecule has 0 saturated heterocycles. The largest absolute Gasteiger partial charge is 0.368 e. The lowest BCUT2D eigenvalue weighted by Gasteiger charge is -2.12. The molecular weight excluding hydrogens is 222 g/mol. The van der Waals surface area contributed by atoms with Crippen LogP contribution < -0.4 is 11.1 Å². The van der Waals surface area contributed by atoms with Crippen molar-refractivity contribution < 1.29 is 4.79 Å². The van der Waals surface area contributed by atoms with E-state index in [4.69, 9.17) is 23.2 Å². The summed E-state index contributed by atoms with van der Waals surface area (Å²) in [6.45, 7) is 1.90. The molecule has 3 N–H and O–H groups in total. The molecule has 5 heteroatoms. The molecule has 1 rings (SSSR count). The van der Waals surface area contributed by atoms with Crippen molar-refractivity contribution in [2.24, 2.45) is 11.7 Å². The average Bonchev–Trinajstić information content (AvgIpc) is 2.22. The Morgan fingerprint density at radius 2 is 2.19 bits per heavy atom. The number of para-hydroxylation sites is 1. The molecule has 1 aromatic rings. The summed E-state index contributed by atoms with van der Waals surface area (Å²) in [4.78, 5) is 11.0. The summed E-state index contributed by atoms with van der Waals surface area (Å²) in [5.41, 5.74) is 6.80. The number of hydrogen-bond acceptors (Lipinski definition) is 3. The van der Waals surface area contributed by atoms with Crippen LogP contribution in [0, 0.1) is 24.2 Å². The van der Waals surface area contributed by atoms with E-state index < -0.39 is 11.8 Å². The van der Waals surface area contributed by atoms with E-state index in [-0.39, 0.29) is 4.99 Å². The topological polar surface area (TPSA) is 78.9 Å². The van der Waals surface area contributed by atoms with E-state index in [1.165, 1.54) is 0 Å². The van der Waals surface area contributed by atoms with Gasteiger partial charge < -0.3 is 11.1 Å². The van der Waals surface area contributed by atoms with E-state index in [1.54, 1.807) is 6.07 Å². The predicted octanol–water partition coefficient (Wildman–Crippen LogP) is 1.36. The van der Waals surface area contributed by atoms with Gasteiger partial charge in [0.2, 0.25) is 5.91 Å². The highest BCUT2D eigenvalue weighted by Crippen LogP contribution is 2.14. The maximum absolute atomic E-state index is 10.9. The van der Waals surface area contributed by atoms with Crippen molar-refractivity contribution in [2.75, 3.05) is 5.32 Å². The van der Waals surface area contributed by atoms with Gasteiger partial charge >= 0.3 is 0 Å². The molecule has 0 spiro atoms. The van der Waals surface area contributed by atoms with Gasteiger partial charge in [0.25, 0.3) is 0 Å². The molecule has 0 radical (unpaired) electrons. The molecule has 0 aromatic heterocycles. The molecule has 0 saturated carbocycles. The molecule has 4 nitrogen and oxygen atoms in total. The molecule has 82 valence electrons. The zero-order valence-electron chi connectivity index (χ0n) is 8.73. The van der Waals surface area contributed by atoms with Gasteiger partial charge in [-0.25, -0.2) is 0 Å². The van der Waals surface area contributed by atoms with Crippen LogP contribution in [0.3, 0.4) is 0 Å². The number of amides is 1. The lowest BCUT2D eigenvalue weighted by atomic mass is 10.1. The van der Waals surface area contributed by atoms with Crippen LogP contribution in [-0.2, 0) is 4.79 Å². The molecule has 0 bridgehead atoms. The van der Waals surface area contributed by atoms with E-state index in [9.17, 15) is 4.79 Å². The van der Waals surface area contributed by atoms with Gasteiger partial charge in [0.15, 0.2) is 5.92 Å². The third-order valence-electron chi connectivity index (χ3n) is 2.08. The first kappa shape index (κ1) is 12.1. The molecular formula is C11H11N3OS. The third kappa shape index (κ3) is 2.78. The molecule has 1 amide bonds. The van der Waals surface area contributed by atoms with Gasteiger partial charge in [0, 0.05) is 5.69 Å². The van der Waals surface area contributed by atoms with Crippen LogP contribution in [-0.4, -0.2) is 10.9 Å². The zero-order chi connectivity index (χ0) is 12.1. The fourth-order valence-corrected chi connectivity index (χ4v) is 1.45. The third-order valence-corrected chi connectivity index (χ3v) is 2.42. The lowest BCUT2D eigenvalue weighted by Crippen LogP contribution is -2.32. The summed E-state index contributed by atoms with van der Waals surface area (Å²) in [7, 11) is 0. The lowest BCUT2D eigenvalue weighted by molar-refractivity contribution is -0.118. The number of aryl methyl sites for hydroxylation is 1. The summed E-state index contributed by atoms with van der Waals surface area (Å²) >= 11 is 4.96. The molecule has 0 aliphatic heterocycles. The zero-order valence-corrected chi connectivity index (χ0v) is 9.54. The Morgan fingerprint density at radius 1 is 1.56 bits per heavy atom. The van der Waals surface area contributed by atoms with Crippen LogP contribution in [0.4, 0.5) is 5.69 Å². The number of nitrogens with one attached hydrogen (secondary N) is 1. The highest BCUT2D eigenvalue weighted by atomic mass is 32.1. The van der Waals surface area contributed by atoms with E-state index in [1.807, 2.05) is 31.2 Å². The maximum Gasteiger partial charge on any atom is 0.241 e. The first-order valence-electron chi connectivity index (χ1n) is 4.61. The van der Waals surface area contributed by atoms with E-state index in [0.29, 0.717) is 0 Å².